The van der Waals surface area contributed by atoms with Crippen molar-refractivity contribution in [1.29, 1.82) is 0 Å². The molecule has 1 heterocycles. The monoisotopic (exact) mass is 362 g/mol. The van der Waals surface area contributed by atoms with Crippen LogP contribution in [0.3, 0.4) is 0 Å². The molecular formula is C10H5BrClFN4O3. The second-order valence-corrected chi connectivity index (χ2v) is 4.86. The van der Waals surface area contributed by atoms with E-state index in [0.29, 0.717) is 4.47 Å². The first-order valence-electron chi connectivity index (χ1n) is 5.05. The Labute approximate surface area is 124 Å². The van der Waals surface area contributed by atoms with Crippen LogP contribution >= 0.6 is 27.5 Å². The highest BCUT2D eigenvalue weighted by Crippen LogP contribution is 2.26. The van der Waals surface area contributed by atoms with Crippen molar-refractivity contribution in [1.82, 2.24) is 10.2 Å². The summed E-state index contributed by atoms with van der Waals surface area (Å²) in [7, 11) is 0. The summed E-state index contributed by atoms with van der Waals surface area (Å²) in [5.41, 5.74) is -0.486. The SMILES string of the molecule is O=C(Nc1ccc(Br)cc1F)c1n[nH]c([N+](=O)[O-])c1Cl. The molecule has 0 bridgehead atoms. The molecule has 10 heteroatoms. The van der Waals surface area contributed by atoms with Crippen molar-refractivity contribution in [3.63, 3.8) is 0 Å². The Bertz CT molecular complexity index is 706. The van der Waals surface area contributed by atoms with Gasteiger partial charge in [0, 0.05) is 4.47 Å². The number of carbonyl (C=O) groups is 1. The van der Waals surface area contributed by atoms with E-state index in [9.17, 15) is 19.3 Å². The van der Waals surface area contributed by atoms with Gasteiger partial charge in [-0.05, 0) is 23.1 Å². The minimum atomic E-state index is -0.861. The Morgan fingerprint density at radius 2 is 2.25 bits per heavy atom. The lowest BCUT2D eigenvalue weighted by Crippen LogP contribution is -2.14. The number of aromatic nitrogens is 2. The third-order valence-electron chi connectivity index (χ3n) is 2.27. The second kappa shape index (κ2) is 5.55. The van der Waals surface area contributed by atoms with Gasteiger partial charge in [-0.3, -0.25) is 4.79 Å². The van der Waals surface area contributed by atoms with Crippen molar-refractivity contribution in [2.75, 3.05) is 5.32 Å². The molecule has 0 unspecified atom stereocenters. The minimum Gasteiger partial charge on any atom is -0.358 e. The molecule has 0 spiro atoms. The van der Waals surface area contributed by atoms with Gasteiger partial charge in [0.05, 0.1) is 5.69 Å². The number of benzene rings is 1. The van der Waals surface area contributed by atoms with Crippen LogP contribution in [0.4, 0.5) is 15.9 Å². The highest BCUT2D eigenvalue weighted by molar-refractivity contribution is 9.10. The third kappa shape index (κ3) is 2.78. The van der Waals surface area contributed by atoms with Crippen molar-refractivity contribution < 1.29 is 14.1 Å². The van der Waals surface area contributed by atoms with E-state index in [1.165, 1.54) is 12.1 Å². The van der Waals surface area contributed by atoms with Gasteiger partial charge in [0.25, 0.3) is 5.91 Å². The molecule has 2 rings (SSSR count). The predicted molar refractivity (Wildman–Crippen MR) is 72.3 cm³/mol. The lowest BCUT2D eigenvalue weighted by Gasteiger charge is -2.04. The molecule has 0 aliphatic carbocycles. The number of hydrogen-bond acceptors (Lipinski definition) is 4. The average Bonchev–Trinajstić information content (AvgIpc) is 2.74. The van der Waals surface area contributed by atoms with E-state index in [-0.39, 0.29) is 11.4 Å². The van der Waals surface area contributed by atoms with Crippen LogP contribution in [0, 0.1) is 15.9 Å². The van der Waals surface area contributed by atoms with E-state index in [4.69, 9.17) is 11.6 Å². The fourth-order valence-corrected chi connectivity index (χ4v) is 1.94. The zero-order valence-corrected chi connectivity index (χ0v) is 11.8. The Morgan fingerprint density at radius 3 is 2.80 bits per heavy atom. The van der Waals surface area contributed by atoms with Gasteiger partial charge in [0.2, 0.25) is 0 Å². The maximum absolute atomic E-state index is 13.5. The number of hydrogen-bond donors (Lipinski definition) is 2. The first-order valence-corrected chi connectivity index (χ1v) is 6.22. The van der Waals surface area contributed by atoms with Crippen molar-refractivity contribution in [2.24, 2.45) is 0 Å². The summed E-state index contributed by atoms with van der Waals surface area (Å²) in [5.74, 6) is -2.14. The van der Waals surface area contributed by atoms with Crippen molar-refractivity contribution in [3.8, 4) is 0 Å². The summed E-state index contributed by atoms with van der Waals surface area (Å²) < 4.78 is 14.0. The summed E-state index contributed by atoms with van der Waals surface area (Å²) in [4.78, 5) is 21.6. The molecule has 0 radical (unpaired) electrons. The molecule has 0 aliphatic rings. The van der Waals surface area contributed by atoms with E-state index < -0.39 is 27.5 Å². The predicted octanol–water partition coefficient (Wildman–Crippen LogP) is 3.13. The number of carbonyl (C=O) groups excluding carboxylic acids is 1. The van der Waals surface area contributed by atoms with Crippen LogP contribution in [-0.4, -0.2) is 21.0 Å². The van der Waals surface area contributed by atoms with E-state index >= 15 is 0 Å². The van der Waals surface area contributed by atoms with Crippen molar-refractivity contribution in [2.45, 2.75) is 0 Å². The number of nitro groups is 1. The molecule has 0 saturated carbocycles. The van der Waals surface area contributed by atoms with Crippen LogP contribution in [-0.2, 0) is 0 Å². The Hall–Kier alpha value is -2.00. The molecule has 0 atom stereocenters. The quantitative estimate of drug-likeness (QED) is 0.646. The Morgan fingerprint density at radius 1 is 1.55 bits per heavy atom. The van der Waals surface area contributed by atoms with Crippen molar-refractivity contribution in [3.05, 3.63) is 49.3 Å². The van der Waals surface area contributed by atoms with Crippen LogP contribution in [0.25, 0.3) is 0 Å². The molecule has 2 aromatic rings. The Kier molecular flexibility index (Phi) is 4.00. The molecule has 1 aromatic heterocycles. The van der Waals surface area contributed by atoms with E-state index in [0.717, 1.165) is 6.07 Å². The number of anilines is 1. The van der Waals surface area contributed by atoms with Gasteiger partial charge in [-0.25, -0.2) is 4.39 Å². The van der Waals surface area contributed by atoms with E-state index in [1.807, 2.05) is 5.10 Å². The van der Waals surface area contributed by atoms with Gasteiger partial charge in [-0.15, -0.1) is 5.10 Å². The molecule has 0 fully saturated rings. The number of H-pyrrole nitrogens is 1. The average molecular weight is 364 g/mol. The standard InChI is InChI=1S/C10H5BrClFN4O3/c11-4-1-2-6(5(13)3-4)14-10(18)8-7(12)9(16-15-8)17(19)20/h1-3H,(H,14,18)(H,15,16). The number of amides is 1. The molecule has 20 heavy (non-hydrogen) atoms. The highest BCUT2D eigenvalue weighted by atomic mass is 79.9. The van der Waals surface area contributed by atoms with Gasteiger partial charge in [0.1, 0.15) is 5.82 Å². The van der Waals surface area contributed by atoms with E-state index in [2.05, 4.69) is 26.3 Å². The van der Waals surface area contributed by atoms with Crippen LogP contribution in [0.15, 0.2) is 22.7 Å². The zero-order chi connectivity index (χ0) is 14.9. The maximum Gasteiger partial charge on any atom is 0.362 e. The number of halogens is 3. The molecule has 7 nitrogen and oxygen atoms in total. The Balaban J connectivity index is 2.26. The molecule has 0 aliphatic heterocycles. The van der Waals surface area contributed by atoms with Crippen LogP contribution in [0.1, 0.15) is 10.5 Å². The smallest absolute Gasteiger partial charge is 0.358 e. The summed E-state index contributed by atoms with van der Waals surface area (Å²) >= 11 is 8.72. The summed E-state index contributed by atoms with van der Waals surface area (Å²) in [6.07, 6.45) is 0. The third-order valence-corrected chi connectivity index (χ3v) is 3.12. The molecule has 0 saturated heterocycles. The number of rotatable bonds is 3. The molecule has 1 amide bonds. The summed E-state index contributed by atoms with van der Waals surface area (Å²) in [6, 6.07) is 4.00. The van der Waals surface area contributed by atoms with Crippen LogP contribution < -0.4 is 5.32 Å². The van der Waals surface area contributed by atoms with Gasteiger partial charge < -0.3 is 15.4 Å². The highest BCUT2D eigenvalue weighted by Gasteiger charge is 2.25. The number of nitrogens with one attached hydrogen (secondary N) is 2. The first kappa shape index (κ1) is 14.4. The summed E-state index contributed by atoms with van der Waals surface area (Å²) in [5, 5.41) is 17.8. The minimum absolute atomic E-state index is 0.0973. The lowest BCUT2D eigenvalue weighted by molar-refractivity contribution is -0.389. The van der Waals surface area contributed by atoms with E-state index in [1.54, 1.807) is 0 Å². The number of aromatic amines is 1. The summed E-state index contributed by atoms with van der Waals surface area (Å²) in [6.45, 7) is 0. The van der Waals surface area contributed by atoms with Crippen LogP contribution in [0.2, 0.25) is 5.02 Å². The van der Waals surface area contributed by atoms with Crippen LogP contribution in [0.5, 0.6) is 0 Å². The fraction of sp³-hybridized carbons (Fsp3) is 0. The second-order valence-electron chi connectivity index (χ2n) is 3.57. The normalized spacial score (nSPS) is 10.3. The first-order chi connectivity index (χ1) is 9.40. The maximum atomic E-state index is 13.5. The topological polar surface area (TPSA) is 101 Å². The molecule has 1 aromatic carbocycles. The fourth-order valence-electron chi connectivity index (χ4n) is 1.36. The zero-order valence-electron chi connectivity index (χ0n) is 9.49. The number of nitrogens with zero attached hydrogens (tertiary/aromatic N) is 2. The molecular weight excluding hydrogens is 358 g/mol. The molecule has 104 valence electrons. The largest absolute Gasteiger partial charge is 0.362 e. The lowest BCUT2D eigenvalue weighted by atomic mass is 10.3. The molecule has 2 N–H and O–H groups in total. The van der Waals surface area contributed by atoms with Crippen molar-refractivity contribution >= 4 is 44.9 Å². The van der Waals surface area contributed by atoms with Gasteiger partial charge >= 0.3 is 5.82 Å². The van der Waals surface area contributed by atoms with Gasteiger partial charge in [0.15, 0.2) is 10.7 Å². The van der Waals surface area contributed by atoms with Gasteiger partial charge in [-0.1, -0.05) is 32.6 Å². The van der Waals surface area contributed by atoms with Gasteiger partial charge in [-0.2, -0.15) is 0 Å².